The zero-order valence-corrected chi connectivity index (χ0v) is 15.4. The van der Waals surface area contributed by atoms with Crippen LogP contribution in [0.5, 0.6) is 0 Å². The Kier molecular flexibility index (Phi) is 4.91. The van der Waals surface area contributed by atoms with Crippen molar-refractivity contribution in [3.63, 3.8) is 0 Å². The summed E-state index contributed by atoms with van der Waals surface area (Å²) in [5.41, 5.74) is 1.44. The molecule has 2 fully saturated rings. The van der Waals surface area contributed by atoms with E-state index in [1.165, 1.54) is 18.5 Å². The highest BCUT2D eigenvalue weighted by atomic mass is 19.4. The SMILES string of the molecule is O=C(N1CCN(c2ccccc2N2CCCC2)CC1)n1cc(C(F)(F)F)cn1. The van der Waals surface area contributed by atoms with Crippen LogP contribution in [-0.4, -0.2) is 60.0 Å². The number of rotatable bonds is 2. The van der Waals surface area contributed by atoms with Gasteiger partial charge in [-0.25, -0.2) is 4.79 Å². The van der Waals surface area contributed by atoms with Gasteiger partial charge in [0.05, 0.1) is 23.1 Å². The van der Waals surface area contributed by atoms with E-state index >= 15 is 0 Å². The monoisotopic (exact) mass is 393 g/mol. The Hall–Kier alpha value is -2.71. The van der Waals surface area contributed by atoms with Crippen LogP contribution >= 0.6 is 0 Å². The highest BCUT2D eigenvalue weighted by Gasteiger charge is 2.33. The molecule has 3 heterocycles. The van der Waals surface area contributed by atoms with Crippen molar-refractivity contribution in [1.29, 1.82) is 0 Å². The molecule has 0 saturated carbocycles. The minimum atomic E-state index is -4.50. The van der Waals surface area contributed by atoms with Crippen LogP contribution in [0.25, 0.3) is 0 Å². The number of alkyl halides is 3. The van der Waals surface area contributed by atoms with Gasteiger partial charge in [0.15, 0.2) is 0 Å². The van der Waals surface area contributed by atoms with Crippen molar-refractivity contribution in [3.05, 3.63) is 42.2 Å². The number of halogens is 3. The molecular formula is C19H22F3N5O. The number of piperazine rings is 1. The number of para-hydroxylation sites is 2. The zero-order chi connectivity index (χ0) is 19.7. The van der Waals surface area contributed by atoms with Crippen molar-refractivity contribution in [2.45, 2.75) is 19.0 Å². The van der Waals surface area contributed by atoms with Crippen LogP contribution in [0.4, 0.5) is 29.3 Å². The molecule has 6 nitrogen and oxygen atoms in total. The lowest BCUT2D eigenvalue weighted by Crippen LogP contribution is -2.50. The molecule has 1 aromatic heterocycles. The van der Waals surface area contributed by atoms with Crippen molar-refractivity contribution >= 4 is 17.4 Å². The summed E-state index contributed by atoms with van der Waals surface area (Å²) in [6.07, 6.45) is -0.685. The fraction of sp³-hybridized carbons (Fsp3) is 0.474. The maximum absolute atomic E-state index is 12.7. The van der Waals surface area contributed by atoms with E-state index in [0.29, 0.717) is 32.4 Å². The molecule has 2 aliphatic heterocycles. The molecule has 0 bridgehead atoms. The maximum Gasteiger partial charge on any atom is 0.419 e. The Bertz CT molecular complexity index is 836. The van der Waals surface area contributed by atoms with E-state index in [2.05, 4.69) is 27.0 Å². The van der Waals surface area contributed by atoms with Crippen LogP contribution in [0.3, 0.4) is 0 Å². The van der Waals surface area contributed by atoms with Gasteiger partial charge in [-0.15, -0.1) is 0 Å². The second kappa shape index (κ2) is 7.37. The van der Waals surface area contributed by atoms with Gasteiger partial charge in [0.25, 0.3) is 0 Å². The molecule has 150 valence electrons. The molecule has 0 atom stereocenters. The Balaban J connectivity index is 1.43. The summed E-state index contributed by atoms with van der Waals surface area (Å²) in [4.78, 5) is 18.7. The molecule has 0 unspecified atom stereocenters. The maximum atomic E-state index is 12.7. The zero-order valence-electron chi connectivity index (χ0n) is 15.4. The standard InChI is InChI=1S/C19H22F3N5O/c20-19(21,22)15-13-23-27(14-15)18(28)26-11-9-25(10-12-26)17-6-2-1-5-16(17)24-7-3-4-8-24/h1-2,5-6,13-14H,3-4,7-12H2. The molecule has 9 heteroatoms. The van der Waals surface area contributed by atoms with E-state index in [-0.39, 0.29) is 0 Å². The molecule has 4 rings (SSSR count). The van der Waals surface area contributed by atoms with E-state index in [1.54, 1.807) is 4.90 Å². The first-order valence-corrected chi connectivity index (χ1v) is 9.43. The van der Waals surface area contributed by atoms with E-state index in [4.69, 9.17) is 0 Å². The normalized spacial score (nSPS) is 18.0. The highest BCUT2D eigenvalue weighted by molar-refractivity contribution is 5.77. The number of nitrogens with zero attached hydrogens (tertiary/aromatic N) is 5. The van der Waals surface area contributed by atoms with Gasteiger partial charge in [-0.1, -0.05) is 12.1 Å². The average Bonchev–Trinajstić information content (AvgIpc) is 3.39. The topological polar surface area (TPSA) is 44.6 Å². The largest absolute Gasteiger partial charge is 0.419 e. The third-order valence-electron chi connectivity index (χ3n) is 5.33. The van der Waals surface area contributed by atoms with Crippen LogP contribution in [0, 0.1) is 0 Å². The molecule has 0 aliphatic carbocycles. The molecule has 0 radical (unpaired) electrons. The fourth-order valence-electron chi connectivity index (χ4n) is 3.81. The van der Waals surface area contributed by atoms with Crippen molar-refractivity contribution in [2.24, 2.45) is 0 Å². The van der Waals surface area contributed by atoms with Gasteiger partial charge in [0.2, 0.25) is 0 Å². The van der Waals surface area contributed by atoms with Crippen molar-refractivity contribution in [3.8, 4) is 0 Å². The van der Waals surface area contributed by atoms with Crippen LogP contribution in [0.1, 0.15) is 18.4 Å². The Morgan fingerprint density at radius 3 is 2.00 bits per heavy atom. The number of anilines is 2. The lowest BCUT2D eigenvalue weighted by Gasteiger charge is -2.37. The highest BCUT2D eigenvalue weighted by Crippen LogP contribution is 2.32. The molecule has 0 N–H and O–H groups in total. The summed E-state index contributed by atoms with van der Waals surface area (Å²) in [6.45, 7) is 4.24. The molecule has 0 spiro atoms. The summed E-state index contributed by atoms with van der Waals surface area (Å²) < 4.78 is 38.9. The molecule has 1 amide bonds. The van der Waals surface area contributed by atoms with Crippen molar-refractivity contribution in [1.82, 2.24) is 14.7 Å². The van der Waals surface area contributed by atoms with E-state index in [0.717, 1.165) is 29.7 Å². The van der Waals surface area contributed by atoms with Gasteiger partial charge in [0, 0.05) is 45.5 Å². The van der Waals surface area contributed by atoms with Crippen molar-refractivity contribution < 1.29 is 18.0 Å². The van der Waals surface area contributed by atoms with Gasteiger partial charge in [0.1, 0.15) is 0 Å². The average molecular weight is 393 g/mol. The predicted octanol–water partition coefficient (Wildman–Crippen LogP) is 3.29. The quantitative estimate of drug-likeness (QED) is 0.786. The number of carbonyl (C=O) groups is 1. The Labute approximate surface area is 161 Å². The minimum Gasteiger partial charge on any atom is -0.370 e. The predicted molar refractivity (Wildman–Crippen MR) is 99.7 cm³/mol. The molecule has 2 aliphatic rings. The van der Waals surface area contributed by atoms with Gasteiger partial charge in [-0.3, -0.25) is 0 Å². The number of amides is 1. The third kappa shape index (κ3) is 3.65. The molecule has 2 saturated heterocycles. The summed E-state index contributed by atoms with van der Waals surface area (Å²) in [5.74, 6) is 0. The van der Waals surface area contributed by atoms with Crippen molar-refractivity contribution in [2.75, 3.05) is 49.1 Å². The van der Waals surface area contributed by atoms with Crippen LogP contribution < -0.4 is 9.80 Å². The molecular weight excluding hydrogens is 371 g/mol. The lowest BCUT2D eigenvalue weighted by atomic mass is 10.2. The smallest absolute Gasteiger partial charge is 0.370 e. The summed E-state index contributed by atoms with van der Waals surface area (Å²) >= 11 is 0. The summed E-state index contributed by atoms with van der Waals surface area (Å²) in [7, 11) is 0. The van der Waals surface area contributed by atoms with Crippen LogP contribution in [0.15, 0.2) is 36.7 Å². The first-order chi connectivity index (χ1) is 13.4. The van der Waals surface area contributed by atoms with Gasteiger partial charge in [-0.2, -0.15) is 23.0 Å². The summed E-state index contributed by atoms with van der Waals surface area (Å²) in [5, 5.41) is 3.59. The minimum absolute atomic E-state index is 0.439. The number of carbonyl (C=O) groups excluding carboxylic acids is 1. The number of benzene rings is 1. The van der Waals surface area contributed by atoms with E-state index in [9.17, 15) is 18.0 Å². The second-order valence-electron chi connectivity index (χ2n) is 7.11. The number of aromatic nitrogens is 2. The first kappa shape index (κ1) is 18.6. The Morgan fingerprint density at radius 2 is 1.46 bits per heavy atom. The lowest BCUT2D eigenvalue weighted by molar-refractivity contribution is -0.137. The molecule has 1 aromatic carbocycles. The fourth-order valence-corrected chi connectivity index (χ4v) is 3.81. The van der Waals surface area contributed by atoms with Gasteiger partial charge in [-0.05, 0) is 25.0 Å². The van der Waals surface area contributed by atoms with E-state index in [1.807, 2.05) is 12.1 Å². The molecule has 2 aromatic rings. The first-order valence-electron chi connectivity index (χ1n) is 9.43. The summed E-state index contributed by atoms with van der Waals surface area (Å²) in [6, 6.07) is 7.74. The number of hydrogen-bond donors (Lipinski definition) is 0. The van der Waals surface area contributed by atoms with Crippen LogP contribution in [0.2, 0.25) is 0 Å². The molecule has 28 heavy (non-hydrogen) atoms. The van der Waals surface area contributed by atoms with Gasteiger partial charge < -0.3 is 14.7 Å². The van der Waals surface area contributed by atoms with E-state index < -0.39 is 17.8 Å². The second-order valence-corrected chi connectivity index (χ2v) is 7.11. The Morgan fingerprint density at radius 1 is 0.893 bits per heavy atom. The third-order valence-corrected chi connectivity index (χ3v) is 5.33. The van der Waals surface area contributed by atoms with Gasteiger partial charge >= 0.3 is 12.2 Å². The van der Waals surface area contributed by atoms with Crippen LogP contribution in [-0.2, 0) is 6.18 Å². The number of hydrogen-bond acceptors (Lipinski definition) is 4.